The fourth-order valence-electron chi connectivity index (χ4n) is 2.96. The summed E-state index contributed by atoms with van der Waals surface area (Å²) in [6.45, 7) is 11.5. The van der Waals surface area contributed by atoms with Gasteiger partial charge in [0.05, 0.1) is 5.69 Å². The zero-order chi connectivity index (χ0) is 21.9. The third-order valence-corrected chi connectivity index (χ3v) is 5.16. The van der Waals surface area contributed by atoms with Gasteiger partial charge in [0.2, 0.25) is 5.91 Å². The molecule has 2 N–H and O–H groups in total. The van der Waals surface area contributed by atoms with Gasteiger partial charge in [-0.2, -0.15) is 5.26 Å². The minimum atomic E-state index is -0.296. The predicted octanol–water partition coefficient (Wildman–Crippen LogP) is 4.01. The summed E-state index contributed by atoms with van der Waals surface area (Å²) >= 11 is 1.42. The monoisotopic (exact) mass is 424 g/mol. The van der Waals surface area contributed by atoms with Crippen LogP contribution in [0.2, 0.25) is 0 Å². The maximum absolute atomic E-state index is 11.6. The first-order valence-corrected chi connectivity index (χ1v) is 11.1. The minimum absolute atomic E-state index is 0.296. The SMILES string of the molecule is C=CC(=O)Nc1cccc(-c2nc(SC)nc(NCCCN(CC)CC)c2C#N)c1. The average molecular weight is 425 g/mol. The van der Waals surface area contributed by atoms with Gasteiger partial charge in [-0.15, -0.1) is 0 Å². The zero-order valence-electron chi connectivity index (χ0n) is 17.7. The molecule has 158 valence electrons. The molecule has 0 saturated carbocycles. The summed E-state index contributed by atoms with van der Waals surface area (Å²) < 4.78 is 0. The molecule has 0 spiro atoms. The Balaban J connectivity index is 2.31. The zero-order valence-corrected chi connectivity index (χ0v) is 18.6. The molecule has 1 heterocycles. The van der Waals surface area contributed by atoms with Crippen LogP contribution in [0.1, 0.15) is 25.8 Å². The van der Waals surface area contributed by atoms with Crippen molar-refractivity contribution in [3.8, 4) is 17.3 Å². The highest BCUT2D eigenvalue weighted by molar-refractivity contribution is 7.98. The highest BCUT2D eigenvalue weighted by atomic mass is 32.2. The third kappa shape index (κ3) is 6.31. The van der Waals surface area contributed by atoms with Crippen LogP contribution in [0.15, 0.2) is 42.1 Å². The van der Waals surface area contributed by atoms with Crippen LogP contribution in [0.4, 0.5) is 11.5 Å². The fourth-order valence-corrected chi connectivity index (χ4v) is 3.33. The number of aromatic nitrogens is 2. The van der Waals surface area contributed by atoms with Gasteiger partial charge in [0.15, 0.2) is 5.16 Å². The second-order valence-corrected chi connectivity index (χ2v) is 7.25. The first-order valence-electron chi connectivity index (χ1n) is 9.92. The second-order valence-electron chi connectivity index (χ2n) is 6.48. The molecular weight excluding hydrogens is 396 g/mol. The van der Waals surface area contributed by atoms with Crippen molar-refractivity contribution in [1.29, 1.82) is 5.26 Å². The molecule has 2 aromatic rings. The molecule has 0 bridgehead atoms. The van der Waals surface area contributed by atoms with E-state index in [0.29, 0.717) is 34.5 Å². The predicted molar refractivity (Wildman–Crippen MR) is 124 cm³/mol. The number of benzene rings is 1. The average Bonchev–Trinajstić information content (AvgIpc) is 2.78. The van der Waals surface area contributed by atoms with Gasteiger partial charge in [-0.05, 0) is 50.5 Å². The van der Waals surface area contributed by atoms with Crippen molar-refractivity contribution >= 4 is 29.2 Å². The second kappa shape index (κ2) is 12.0. The Morgan fingerprint density at radius 1 is 1.33 bits per heavy atom. The van der Waals surface area contributed by atoms with Crippen LogP contribution in [0.25, 0.3) is 11.3 Å². The van der Waals surface area contributed by atoms with Crippen LogP contribution < -0.4 is 10.6 Å². The summed E-state index contributed by atoms with van der Waals surface area (Å²) in [5.41, 5.74) is 2.28. The van der Waals surface area contributed by atoms with E-state index in [1.165, 1.54) is 17.8 Å². The first-order chi connectivity index (χ1) is 14.6. The number of thioether (sulfide) groups is 1. The number of rotatable bonds is 11. The molecule has 0 aliphatic heterocycles. The van der Waals surface area contributed by atoms with Crippen LogP contribution in [0, 0.1) is 11.3 Å². The van der Waals surface area contributed by atoms with E-state index in [4.69, 9.17) is 0 Å². The normalized spacial score (nSPS) is 10.5. The van der Waals surface area contributed by atoms with Gasteiger partial charge in [-0.3, -0.25) is 4.79 Å². The van der Waals surface area contributed by atoms with E-state index < -0.39 is 0 Å². The highest BCUT2D eigenvalue weighted by Crippen LogP contribution is 2.29. The fraction of sp³-hybridized carbons (Fsp3) is 0.364. The molecule has 1 aromatic carbocycles. The summed E-state index contributed by atoms with van der Waals surface area (Å²) in [6.07, 6.45) is 4.06. The molecule has 2 rings (SSSR count). The lowest BCUT2D eigenvalue weighted by Crippen LogP contribution is -2.25. The van der Waals surface area contributed by atoms with E-state index in [1.807, 2.05) is 18.4 Å². The van der Waals surface area contributed by atoms with Crippen molar-refractivity contribution in [2.24, 2.45) is 0 Å². The van der Waals surface area contributed by atoms with E-state index in [-0.39, 0.29) is 5.91 Å². The quantitative estimate of drug-likeness (QED) is 0.244. The molecule has 1 aromatic heterocycles. The van der Waals surface area contributed by atoms with Crippen LogP contribution in [0.5, 0.6) is 0 Å². The summed E-state index contributed by atoms with van der Waals surface area (Å²) in [6, 6.07) is 9.49. The molecule has 0 fully saturated rings. The number of nitrogens with one attached hydrogen (secondary N) is 2. The number of hydrogen-bond acceptors (Lipinski definition) is 7. The molecular formula is C22H28N6OS. The summed E-state index contributed by atoms with van der Waals surface area (Å²) in [5, 5.41) is 16.5. The molecule has 30 heavy (non-hydrogen) atoms. The van der Waals surface area contributed by atoms with Crippen LogP contribution in [0.3, 0.4) is 0 Å². The van der Waals surface area contributed by atoms with Crippen LogP contribution in [-0.4, -0.2) is 53.2 Å². The Morgan fingerprint density at radius 2 is 2.10 bits per heavy atom. The maximum Gasteiger partial charge on any atom is 0.247 e. The molecule has 0 aliphatic rings. The lowest BCUT2D eigenvalue weighted by atomic mass is 10.1. The third-order valence-electron chi connectivity index (χ3n) is 4.61. The van der Waals surface area contributed by atoms with Crippen molar-refractivity contribution in [3.05, 3.63) is 42.5 Å². The highest BCUT2D eigenvalue weighted by Gasteiger charge is 2.16. The number of amides is 1. The minimum Gasteiger partial charge on any atom is -0.369 e. The smallest absolute Gasteiger partial charge is 0.247 e. The van der Waals surface area contributed by atoms with E-state index in [9.17, 15) is 10.1 Å². The van der Waals surface area contributed by atoms with Crippen molar-refractivity contribution in [1.82, 2.24) is 14.9 Å². The Kier molecular flexibility index (Phi) is 9.32. The molecule has 7 nitrogen and oxygen atoms in total. The summed E-state index contributed by atoms with van der Waals surface area (Å²) in [7, 11) is 0. The van der Waals surface area contributed by atoms with E-state index in [1.54, 1.807) is 12.1 Å². The summed E-state index contributed by atoms with van der Waals surface area (Å²) in [4.78, 5) is 23.1. The molecule has 0 radical (unpaired) electrons. The molecule has 0 atom stereocenters. The lowest BCUT2D eigenvalue weighted by Gasteiger charge is -2.18. The standard InChI is InChI=1S/C22H28N6OS/c1-5-19(29)25-17-11-8-10-16(14-17)20-18(15-23)21(27-22(26-20)30-4)24-12-9-13-28(6-2)7-3/h5,8,10-11,14H,1,6-7,9,12-13H2,2-4H3,(H,25,29)(H,24,26,27). The van der Waals surface area contributed by atoms with Gasteiger partial charge >= 0.3 is 0 Å². The number of carbonyl (C=O) groups is 1. The van der Waals surface area contributed by atoms with Gasteiger partial charge < -0.3 is 15.5 Å². The Bertz CT molecular complexity index is 920. The van der Waals surface area contributed by atoms with Crippen molar-refractivity contribution in [2.45, 2.75) is 25.4 Å². The Labute approximate surface area is 182 Å². The van der Waals surface area contributed by atoms with E-state index >= 15 is 0 Å². The van der Waals surface area contributed by atoms with Gasteiger partial charge in [0, 0.05) is 17.8 Å². The largest absolute Gasteiger partial charge is 0.369 e. The van der Waals surface area contributed by atoms with Gasteiger partial charge in [0.25, 0.3) is 0 Å². The van der Waals surface area contributed by atoms with Crippen LogP contribution >= 0.6 is 11.8 Å². The van der Waals surface area contributed by atoms with Crippen molar-refractivity contribution < 1.29 is 4.79 Å². The van der Waals surface area contributed by atoms with Gasteiger partial charge in [0.1, 0.15) is 17.5 Å². The number of carbonyl (C=O) groups excluding carboxylic acids is 1. The van der Waals surface area contributed by atoms with Crippen molar-refractivity contribution in [3.63, 3.8) is 0 Å². The number of hydrogen-bond donors (Lipinski definition) is 2. The molecule has 0 saturated heterocycles. The Hall–Kier alpha value is -2.89. The number of anilines is 2. The number of nitrogens with zero attached hydrogens (tertiary/aromatic N) is 4. The van der Waals surface area contributed by atoms with Crippen molar-refractivity contribution in [2.75, 3.05) is 43.1 Å². The van der Waals surface area contributed by atoms with E-state index in [0.717, 1.165) is 31.6 Å². The first kappa shape index (κ1) is 23.4. The molecule has 8 heteroatoms. The topological polar surface area (TPSA) is 93.9 Å². The van der Waals surface area contributed by atoms with E-state index in [2.05, 4.69) is 52.0 Å². The van der Waals surface area contributed by atoms with Gasteiger partial charge in [-0.1, -0.05) is 44.3 Å². The summed E-state index contributed by atoms with van der Waals surface area (Å²) in [5.74, 6) is 0.239. The van der Waals surface area contributed by atoms with Gasteiger partial charge in [-0.25, -0.2) is 9.97 Å². The maximum atomic E-state index is 11.6. The molecule has 1 amide bonds. The molecule has 0 unspecified atom stereocenters. The lowest BCUT2D eigenvalue weighted by molar-refractivity contribution is -0.111. The van der Waals surface area contributed by atoms with Crippen LogP contribution in [-0.2, 0) is 4.79 Å². The Morgan fingerprint density at radius 3 is 2.73 bits per heavy atom. The molecule has 0 aliphatic carbocycles. The number of nitriles is 1.